The van der Waals surface area contributed by atoms with Gasteiger partial charge in [0, 0.05) is 115 Å². The summed E-state index contributed by atoms with van der Waals surface area (Å²) in [6.07, 6.45) is 7.38. The molecule has 1 aromatic heterocycles. The minimum Gasteiger partial charge on any atom is -0.381 e. The SMILES string of the molecule is COCc1ccc(C(=O)Nc2cccc3c2C(=O)N(CC2CCOCC2)C3)c2ccccc12.O=C(Nc1cccc2c1C(=O)N(CC1CCOCC1)C2)c1ccc(Cn2ccnn2)c2ccccc12.O=C(Nc1cccc2c1C(=O)N(CCN1CCOCC1)C2)c1cccc2ccccc12. The molecule has 20 nitrogen and oxygen atoms in total. The number of carbonyl (C=O) groups excluding carboxylic acids is 6. The number of morpholine rings is 1. The molecule has 3 fully saturated rings. The first-order valence-electron chi connectivity index (χ1n) is 34.5. The summed E-state index contributed by atoms with van der Waals surface area (Å²) in [6, 6.07) is 53.8. The monoisotopic (exact) mass is 1340 g/mol. The Morgan fingerprint density at radius 2 is 0.890 bits per heavy atom. The van der Waals surface area contributed by atoms with Crippen molar-refractivity contribution in [1.29, 1.82) is 0 Å². The summed E-state index contributed by atoms with van der Waals surface area (Å²) in [5, 5.41) is 22.6. The summed E-state index contributed by atoms with van der Waals surface area (Å²) in [6.45, 7) is 12.1. The van der Waals surface area contributed by atoms with Gasteiger partial charge in [-0.1, -0.05) is 139 Å². The highest BCUT2D eigenvalue weighted by molar-refractivity contribution is 6.18. The molecule has 0 radical (unpaired) electrons. The van der Waals surface area contributed by atoms with Gasteiger partial charge in [-0.15, -0.1) is 5.10 Å². The van der Waals surface area contributed by atoms with E-state index < -0.39 is 0 Å². The Bertz CT molecular complexity index is 4690. The van der Waals surface area contributed by atoms with Crippen LogP contribution in [0.25, 0.3) is 32.3 Å². The highest BCUT2D eigenvalue weighted by atomic mass is 16.5. The van der Waals surface area contributed by atoms with E-state index in [4.69, 9.17) is 18.9 Å². The second-order valence-electron chi connectivity index (χ2n) is 26.2. The number of anilines is 3. The Morgan fingerprint density at radius 3 is 1.40 bits per heavy atom. The van der Waals surface area contributed by atoms with Gasteiger partial charge in [0.15, 0.2) is 0 Å². The van der Waals surface area contributed by atoms with E-state index in [1.165, 1.54) is 0 Å². The Morgan fingerprint density at radius 1 is 0.460 bits per heavy atom. The number of methoxy groups -OCH3 is 1. The number of hydrogen-bond acceptors (Lipinski definition) is 13. The summed E-state index contributed by atoms with van der Waals surface area (Å²) >= 11 is 0. The molecule has 0 saturated carbocycles. The second kappa shape index (κ2) is 30.7. The molecule has 6 aliphatic rings. The van der Waals surface area contributed by atoms with E-state index in [0.717, 1.165) is 158 Å². The zero-order valence-electron chi connectivity index (χ0n) is 56.0. The lowest BCUT2D eigenvalue weighted by molar-refractivity contribution is 0.0327. The molecule has 0 spiro atoms. The average Bonchev–Trinajstić information content (AvgIpc) is 1.51. The molecule has 6 aliphatic heterocycles. The van der Waals surface area contributed by atoms with E-state index >= 15 is 0 Å². The second-order valence-corrected chi connectivity index (χ2v) is 26.2. The standard InChI is InChI=1S/C28H27N5O3.C27H28N2O4.C25H25N3O3/c34-27(24-9-8-20(18-33-13-12-29-31-33)22-5-1-2-6-23(22)24)30-25-7-3-4-21-17-32(28(35)26(21)25)16-19-10-14-36-15-11-19;1-32-17-20-9-10-23(22-7-3-2-6-21(20)22)26(30)28-24-8-4-5-19-16-29(27(31)25(19)24)15-18-11-13-33-14-12-18;29-24(21-9-3-6-18-5-1-2-8-20(18)21)26-22-10-4-7-19-17-28(25(30)23(19)22)12-11-27-13-15-31-16-14-27/h1-9,12-13,19H,10-11,14-18H2,(H,30,34);2-10,18H,11-17H2,1H3,(H,28,30);1-10H,11-17H2,(H,26,29). The van der Waals surface area contributed by atoms with Crippen LogP contribution in [0.5, 0.6) is 0 Å². The van der Waals surface area contributed by atoms with Crippen LogP contribution in [0.15, 0.2) is 182 Å². The average molecular weight is 1340 g/mol. The fraction of sp³-hybridized carbons (Fsp3) is 0.300. The van der Waals surface area contributed by atoms with E-state index in [1.54, 1.807) is 18.0 Å². The Hall–Kier alpha value is -10.5. The third-order valence-electron chi connectivity index (χ3n) is 19.9. The van der Waals surface area contributed by atoms with Gasteiger partial charge in [0.2, 0.25) is 0 Å². The molecule has 20 heteroatoms. The minimum atomic E-state index is -0.234. The summed E-state index contributed by atoms with van der Waals surface area (Å²) in [5.74, 6) is 0.223. The summed E-state index contributed by atoms with van der Waals surface area (Å²) in [7, 11) is 1.66. The Balaban J connectivity index is 0.000000128. The molecule has 0 atom stereocenters. The van der Waals surface area contributed by atoms with Crippen molar-refractivity contribution in [1.82, 2.24) is 34.6 Å². The number of aromatic nitrogens is 3. The lowest BCUT2D eigenvalue weighted by Crippen LogP contribution is -2.41. The number of carbonyl (C=O) groups is 6. The molecule has 100 heavy (non-hydrogen) atoms. The zero-order valence-corrected chi connectivity index (χ0v) is 56.0. The number of nitrogens with zero attached hydrogens (tertiary/aromatic N) is 7. The van der Waals surface area contributed by atoms with Crippen LogP contribution in [-0.2, 0) is 51.7 Å². The van der Waals surface area contributed by atoms with Crippen molar-refractivity contribution in [2.75, 3.05) is 102 Å². The number of rotatable bonds is 17. The summed E-state index contributed by atoms with van der Waals surface area (Å²) in [4.78, 5) is 87.7. The normalized spacial score (nSPS) is 16.2. The fourth-order valence-electron chi connectivity index (χ4n) is 14.6. The molecule has 10 aromatic rings. The minimum absolute atomic E-state index is 0.00677. The van der Waals surface area contributed by atoms with Gasteiger partial charge in [0.25, 0.3) is 35.4 Å². The van der Waals surface area contributed by atoms with Crippen molar-refractivity contribution < 1.29 is 47.7 Å². The van der Waals surface area contributed by atoms with E-state index in [1.807, 2.05) is 191 Å². The highest BCUT2D eigenvalue weighted by Crippen LogP contribution is 2.36. The lowest BCUT2D eigenvalue weighted by Gasteiger charge is -2.28. The number of hydrogen-bond donors (Lipinski definition) is 3. The lowest BCUT2D eigenvalue weighted by atomic mass is 9.98. The molecule has 7 heterocycles. The van der Waals surface area contributed by atoms with Gasteiger partial charge in [-0.2, -0.15) is 0 Å². The van der Waals surface area contributed by atoms with Crippen molar-refractivity contribution in [3.63, 3.8) is 0 Å². The maximum absolute atomic E-state index is 13.5. The third kappa shape index (κ3) is 14.6. The van der Waals surface area contributed by atoms with E-state index in [9.17, 15) is 28.8 Å². The maximum Gasteiger partial charge on any atom is 0.256 e. The predicted molar refractivity (Wildman–Crippen MR) is 383 cm³/mol. The van der Waals surface area contributed by atoms with Crippen molar-refractivity contribution >= 4 is 84.8 Å². The van der Waals surface area contributed by atoms with Gasteiger partial charge in [-0.05, 0) is 134 Å². The predicted octanol–water partition coefficient (Wildman–Crippen LogP) is 12.1. The van der Waals surface area contributed by atoms with E-state index in [2.05, 4.69) is 31.2 Å². The van der Waals surface area contributed by atoms with E-state index in [-0.39, 0.29) is 35.4 Å². The molecule has 0 unspecified atom stereocenters. The molecular formula is C80H80N10O10. The smallest absolute Gasteiger partial charge is 0.256 e. The van der Waals surface area contributed by atoms with Gasteiger partial charge in [-0.3, -0.25) is 33.7 Å². The topological polar surface area (TPSA) is 219 Å². The largest absolute Gasteiger partial charge is 0.381 e. The molecule has 6 amide bonds. The molecule has 16 rings (SSSR count). The first-order chi connectivity index (χ1) is 49.0. The van der Waals surface area contributed by atoms with Crippen molar-refractivity contribution in [3.8, 4) is 0 Å². The number of nitrogens with one attached hydrogen (secondary N) is 3. The van der Waals surface area contributed by atoms with Crippen LogP contribution in [0.1, 0.15) is 116 Å². The van der Waals surface area contributed by atoms with Gasteiger partial charge >= 0.3 is 0 Å². The van der Waals surface area contributed by atoms with Crippen molar-refractivity contribution in [2.45, 2.75) is 58.5 Å². The van der Waals surface area contributed by atoms with Crippen LogP contribution in [0.4, 0.5) is 17.1 Å². The van der Waals surface area contributed by atoms with Crippen LogP contribution in [0.2, 0.25) is 0 Å². The van der Waals surface area contributed by atoms with Crippen LogP contribution < -0.4 is 16.0 Å². The Kier molecular flexibility index (Phi) is 20.5. The number of fused-ring (bicyclic) bond motifs is 6. The van der Waals surface area contributed by atoms with E-state index in [0.29, 0.717) is 102 Å². The summed E-state index contributed by atoms with van der Waals surface area (Å²) < 4.78 is 23.4. The molecule has 0 aliphatic carbocycles. The fourth-order valence-corrected chi connectivity index (χ4v) is 14.6. The first-order valence-corrected chi connectivity index (χ1v) is 34.5. The van der Waals surface area contributed by atoms with Crippen LogP contribution in [-0.4, -0.2) is 156 Å². The van der Waals surface area contributed by atoms with Crippen LogP contribution >= 0.6 is 0 Å². The molecule has 3 saturated heterocycles. The zero-order chi connectivity index (χ0) is 68.5. The van der Waals surface area contributed by atoms with Gasteiger partial charge < -0.3 is 49.6 Å². The summed E-state index contributed by atoms with van der Waals surface area (Å²) in [5.41, 5.74) is 10.2. The van der Waals surface area contributed by atoms with Crippen LogP contribution in [0.3, 0.4) is 0 Å². The first kappa shape index (κ1) is 66.7. The van der Waals surface area contributed by atoms with Crippen molar-refractivity contribution in [2.24, 2.45) is 11.8 Å². The quantitative estimate of drug-likeness (QED) is 0.0773. The molecular weight excluding hydrogens is 1260 g/mol. The molecule has 0 bridgehead atoms. The number of benzene rings is 9. The van der Waals surface area contributed by atoms with Crippen LogP contribution in [0, 0.1) is 11.8 Å². The third-order valence-corrected chi connectivity index (χ3v) is 19.9. The molecule has 510 valence electrons. The number of ether oxygens (including phenoxy) is 4. The molecule has 9 aromatic carbocycles. The maximum atomic E-state index is 13.5. The van der Waals surface area contributed by atoms with Gasteiger partial charge in [0.1, 0.15) is 0 Å². The van der Waals surface area contributed by atoms with Gasteiger partial charge in [-0.25, -0.2) is 4.68 Å². The number of amides is 6. The van der Waals surface area contributed by atoms with Gasteiger partial charge in [0.05, 0.1) is 66.3 Å². The van der Waals surface area contributed by atoms with Crippen molar-refractivity contribution in [3.05, 3.63) is 243 Å². The Labute approximate surface area is 580 Å². The highest BCUT2D eigenvalue weighted by Gasteiger charge is 2.36. The molecule has 3 N–H and O–H groups in total.